The number of methoxy groups -OCH3 is 1. The molecule has 2 aromatic heterocycles. The average molecular weight is 426 g/mol. The topological polar surface area (TPSA) is 100 Å². The molecule has 0 spiro atoms. The molecule has 30 heavy (non-hydrogen) atoms. The fourth-order valence-electron chi connectivity index (χ4n) is 3.66. The second-order valence-corrected chi connectivity index (χ2v) is 8.18. The Labute approximate surface area is 178 Å². The van der Waals surface area contributed by atoms with E-state index in [0.717, 1.165) is 16.0 Å². The van der Waals surface area contributed by atoms with Crippen LogP contribution in [0.2, 0.25) is 0 Å². The average Bonchev–Trinajstić information content (AvgIpc) is 3.48. The molecule has 0 aliphatic carbocycles. The molecule has 0 bridgehead atoms. The van der Waals surface area contributed by atoms with Crippen molar-refractivity contribution in [1.29, 1.82) is 0 Å². The van der Waals surface area contributed by atoms with E-state index in [2.05, 4.69) is 20.5 Å². The molecule has 0 unspecified atom stereocenters. The number of nitrogens with zero attached hydrogens (tertiary/aromatic N) is 3. The van der Waals surface area contributed by atoms with E-state index in [1.165, 1.54) is 18.4 Å². The zero-order chi connectivity index (χ0) is 21.1. The quantitative estimate of drug-likeness (QED) is 0.631. The van der Waals surface area contributed by atoms with Gasteiger partial charge in [-0.1, -0.05) is 30.3 Å². The SMILES string of the molecule is COCC(=O)N[C@@H]1CN(C(=O)c2sccc2C)C[C@H]1c1nc(-c2ccccc2)n[nH]1. The van der Waals surface area contributed by atoms with Crippen molar-refractivity contribution in [3.05, 3.63) is 58.0 Å². The van der Waals surface area contributed by atoms with Gasteiger partial charge in [-0.05, 0) is 23.9 Å². The van der Waals surface area contributed by atoms with Gasteiger partial charge in [0.05, 0.1) is 16.8 Å². The predicted molar refractivity (Wildman–Crippen MR) is 113 cm³/mol. The van der Waals surface area contributed by atoms with E-state index in [0.29, 0.717) is 24.7 Å². The van der Waals surface area contributed by atoms with E-state index in [1.807, 2.05) is 48.7 Å². The molecule has 4 rings (SSSR count). The van der Waals surface area contributed by atoms with Crippen LogP contribution in [-0.2, 0) is 9.53 Å². The van der Waals surface area contributed by atoms with Crippen LogP contribution in [0, 0.1) is 6.92 Å². The van der Waals surface area contributed by atoms with Crippen LogP contribution in [0.25, 0.3) is 11.4 Å². The molecule has 2 N–H and O–H groups in total. The van der Waals surface area contributed by atoms with Crippen molar-refractivity contribution in [2.45, 2.75) is 18.9 Å². The van der Waals surface area contributed by atoms with Gasteiger partial charge < -0.3 is 15.0 Å². The first-order chi connectivity index (χ1) is 14.6. The maximum absolute atomic E-state index is 13.0. The number of benzene rings is 1. The molecule has 0 saturated carbocycles. The summed E-state index contributed by atoms with van der Waals surface area (Å²) in [5.74, 6) is 0.789. The highest BCUT2D eigenvalue weighted by Crippen LogP contribution is 2.29. The summed E-state index contributed by atoms with van der Waals surface area (Å²) in [5, 5.41) is 12.2. The van der Waals surface area contributed by atoms with Gasteiger partial charge in [-0.2, -0.15) is 5.10 Å². The number of aromatic amines is 1. The van der Waals surface area contributed by atoms with Crippen molar-refractivity contribution in [2.75, 3.05) is 26.8 Å². The van der Waals surface area contributed by atoms with Gasteiger partial charge in [0.1, 0.15) is 12.4 Å². The van der Waals surface area contributed by atoms with Crippen LogP contribution in [0.15, 0.2) is 41.8 Å². The van der Waals surface area contributed by atoms with Crippen LogP contribution in [0.3, 0.4) is 0 Å². The summed E-state index contributed by atoms with van der Waals surface area (Å²) in [4.78, 5) is 32.4. The molecule has 1 aliphatic rings. The second kappa shape index (κ2) is 8.76. The lowest BCUT2D eigenvalue weighted by molar-refractivity contribution is -0.125. The largest absolute Gasteiger partial charge is 0.375 e. The van der Waals surface area contributed by atoms with E-state index in [9.17, 15) is 9.59 Å². The lowest BCUT2D eigenvalue weighted by atomic mass is 10.0. The van der Waals surface area contributed by atoms with Gasteiger partial charge >= 0.3 is 0 Å². The standard InChI is InChI=1S/C21H23N5O3S/c1-13-8-9-30-18(13)21(28)26-10-15(16(11-26)22-17(27)12-29-2)20-23-19(24-25-20)14-6-4-3-5-7-14/h3-9,15-16H,10-12H2,1-2H3,(H,22,27)(H,23,24,25)/t15-,16-/m1/s1. The normalized spacial score (nSPS) is 18.5. The Hall–Kier alpha value is -3.04. The minimum Gasteiger partial charge on any atom is -0.375 e. The highest BCUT2D eigenvalue weighted by atomic mass is 32.1. The number of ether oxygens (including phenoxy) is 1. The third-order valence-electron chi connectivity index (χ3n) is 5.17. The molecular weight excluding hydrogens is 402 g/mol. The van der Waals surface area contributed by atoms with Crippen LogP contribution in [0.1, 0.15) is 27.0 Å². The maximum atomic E-state index is 13.0. The lowest BCUT2D eigenvalue weighted by Gasteiger charge is -2.17. The zero-order valence-electron chi connectivity index (χ0n) is 16.8. The number of amides is 2. The monoisotopic (exact) mass is 425 g/mol. The molecule has 1 aromatic carbocycles. The molecule has 1 aliphatic heterocycles. The molecule has 3 aromatic rings. The minimum absolute atomic E-state index is 0.0289. The number of likely N-dealkylation sites (tertiary alicyclic amines) is 1. The van der Waals surface area contributed by atoms with Gasteiger partial charge in [0.25, 0.3) is 5.91 Å². The second-order valence-electron chi connectivity index (χ2n) is 7.27. The van der Waals surface area contributed by atoms with E-state index >= 15 is 0 Å². The summed E-state index contributed by atoms with van der Waals surface area (Å²) < 4.78 is 4.94. The van der Waals surface area contributed by atoms with Crippen molar-refractivity contribution >= 4 is 23.2 Å². The summed E-state index contributed by atoms with van der Waals surface area (Å²) in [6.07, 6.45) is 0. The van der Waals surface area contributed by atoms with Gasteiger partial charge in [-0.3, -0.25) is 14.7 Å². The molecule has 0 radical (unpaired) electrons. The Morgan fingerprint density at radius 1 is 1.27 bits per heavy atom. The predicted octanol–water partition coefficient (Wildman–Crippen LogP) is 2.21. The number of hydrogen-bond donors (Lipinski definition) is 2. The minimum atomic E-state index is -0.284. The van der Waals surface area contributed by atoms with Gasteiger partial charge in [-0.25, -0.2) is 4.98 Å². The fraction of sp³-hybridized carbons (Fsp3) is 0.333. The zero-order valence-corrected chi connectivity index (χ0v) is 17.6. The highest BCUT2D eigenvalue weighted by Gasteiger charge is 2.39. The number of aryl methyl sites for hydroxylation is 1. The molecule has 8 nitrogen and oxygen atoms in total. The van der Waals surface area contributed by atoms with Gasteiger partial charge in [0.15, 0.2) is 5.82 Å². The summed E-state index contributed by atoms with van der Waals surface area (Å²) in [5.41, 5.74) is 1.86. The van der Waals surface area contributed by atoms with Crippen molar-refractivity contribution in [1.82, 2.24) is 25.4 Å². The number of rotatable bonds is 6. The van der Waals surface area contributed by atoms with Crippen LogP contribution in [0.5, 0.6) is 0 Å². The molecule has 2 atom stereocenters. The number of thiophene rings is 1. The van der Waals surface area contributed by atoms with Crippen molar-refractivity contribution in [3.63, 3.8) is 0 Å². The Bertz CT molecular complexity index is 1030. The van der Waals surface area contributed by atoms with Gasteiger partial charge in [0, 0.05) is 25.8 Å². The summed E-state index contributed by atoms with van der Waals surface area (Å²) in [6, 6.07) is 11.3. The molecule has 9 heteroatoms. The molecule has 1 saturated heterocycles. The molecule has 3 heterocycles. The number of hydrogen-bond acceptors (Lipinski definition) is 6. The fourth-order valence-corrected chi connectivity index (χ4v) is 4.56. The van der Waals surface area contributed by atoms with E-state index in [1.54, 1.807) is 4.90 Å². The molecule has 156 valence electrons. The van der Waals surface area contributed by atoms with Gasteiger partial charge in [-0.15, -0.1) is 11.3 Å². The first-order valence-electron chi connectivity index (χ1n) is 9.66. The van der Waals surface area contributed by atoms with Crippen LogP contribution in [0.4, 0.5) is 0 Å². The van der Waals surface area contributed by atoms with E-state index < -0.39 is 0 Å². The van der Waals surface area contributed by atoms with Crippen LogP contribution in [-0.4, -0.2) is 64.7 Å². The Morgan fingerprint density at radius 3 is 2.77 bits per heavy atom. The number of H-pyrrole nitrogens is 1. The van der Waals surface area contributed by atoms with Crippen molar-refractivity contribution in [3.8, 4) is 11.4 Å². The summed E-state index contributed by atoms with van der Waals surface area (Å²) in [7, 11) is 1.48. The maximum Gasteiger partial charge on any atom is 0.264 e. The third-order valence-corrected chi connectivity index (χ3v) is 6.18. The Balaban J connectivity index is 1.58. The van der Waals surface area contributed by atoms with E-state index in [4.69, 9.17) is 4.74 Å². The Morgan fingerprint density at radius 2 is 2.07 bits per heavy atom. The van der Waals surface area contributed by atoms with Crippen molar-refractivity contribution < 1.29 is 14.3 Å². The first-order valence-corrected chi connectivity index (χ1v) is 10.5. The van der Waals surface area contributed by atoms with Crippen molar-refractivity contribution in [2.24, 2.45) is 0 Å². The molecular formula is C21H23N5O3S. The first kappa shape index (κ1) is 20.2. The number of carbonyl (C=O) groups excluding carboxylic acids is 2. The summed E-state index contributed by atoms with van der Waals surface area (Å²) in [6.45, 7) is 2.74. The Kier molecular flexibility index (Phi) is 5.91. The number of carbonyl (C=O) groups is 2. The molecule has 2 amide bonds. The highest BCUT2D eigenvalue weighted by molar-refractivity contribution is 7.12. The lowest BCUT2D eigenvalue weighted by Crippen LogP contribution is -2.42. The van der Waals surface area contributed by atoms with E-state index in [-0.39, 0.29) is 30.4 Å². The molecule has 1 fully saturated rings. The smallest absolute Gasteiger partial charge is 0.264 e. The number of aromatic nitrogens is 3. The number of nitrogens with one attached hydrogen (secondary N) is 2. The van der Waals surface area contributed by atoms with Crippen LogP contribution >= 0.6 is 11.3 Å². The summed E-state index contributed by atoms with van der Waals surface area (Å²) >= 11 is 1.43. The van der Waals surface area contributed by atoms with Crippen LogP contribution < -0.4 is 5.32 Å². The van der Waals surface area contributed by atoms with Gasteiger partial charge in [0.2, 0.25) is 5.91 Å². The third kappa shape index (κ3) is 4.12.